The Morgan fingerprint density at radius 1 is 0.629 bits per heavy atom. The van der Waals surface area contributed by atoms with Crippen LogP contribution in [0, 0.1) is 5.92 Å². The predicted octanol–water partition coefficient (Wildman–Crippen LogP) is 17.3. The topological polar surface area (TPSA) is 18.5 Å². The van der Waals surface area contributed by atoms with Crippen LogP contribution in [-0.4, -0.2) is 83.0 Å². The summed E-state index contributed by atoms with van der Waals surface area (Å²) in [6, 6.07) is 18.4. The van der Waals surface area contributed by atoms with E-state index < -0.39 is 118 Å². The molecule has 0 spiro atoms. The van der Waals surface area contributed by atoms with Crippen LogP contribution in [0.3, 0.4) is 0 Å². The Morgan fingerprint density at radius 3 is 1.46 bits per heavy atom. The van der Waals surface area contributed by atoms with Crippen LogP contribution in [0.5, 0.6) is 0 Å². The Balaban J connectivity index is 2.95. The number of halogens is 13. The zero-order valence-corrected chi connectivity index (χ0v) is 48.4. The summed E-state index contributed by atoms with van der Waals surface area (Å²) in [5.41, 5.74) is 2.41. The second-order valence-electron chi connectivity index (χ2n) is 21.7. The molecule has 0 radical (unpaired) electrons. The average molecular weight is 1150 g/mol. The Morgan fingerprint density at radius 2 is 1.07 bits per heavy atom. The van der Waals surface area contributed by atoms with Gasteiger partial charge in [0.05, 0.1) is 0 Å². The molecule has 0 fully saturated rings. The molecule has 398 valence electrons. The fourth-order valence-corrected chi connectivity index (χ4v) is 23.4. The SMILES string of the molecule is C/C=C(\C)[C@H](O[Si](CCC(F)(F)C(F)(F)C(F)(F)C(F)(F)C(F)(F)C(F)(F)F)(C(C)C)C(C)C)[C@@H](C)[C@H](C/C=C(C)/C=C(\C)C/C(C)=[CH]/[Sn]([CH3])([CH3])[CH3])O[Si](c1ccccc1)(c1ccccc1)C(C)(C)C. The molecule has 18 heteroatoms. The van der Waals surface area contributed by atoms with Gasteiger partial charge < -0.3 is 0 Å². The van der Waals surface area contributed by atoms with Crippen LogP contribution >= 0.6 is 0 Å². The molecule has 2 nitrogen and oxygen atoms in total. The van der Waals surface area contributed by atoms with Gasteiger partial charge in [-0.1, -0.05) is 115 Å². The summed E-state index contributed by atoms with van der Waals surface area (Å²) >= 11 is -2.24. The zero-order valence-electron chi connectivity index (χ0n) is 43.5. The quantitative estimate of drug-likeness (QED) is 0.0451. The number of benzene rings is 2. The van der Waals surface area contributed by atoms with E-state index in [9.17, 15) is 39.5 Å². The molecule has 2 aromatic carbocycles. The third-order valence-electron chi connectivity index (χ3n) is 13.2. The third kappa shape index (κ3) is 13.9. The fourth-order valence-electron chi connectivity index (χ4n) is 9.42. The van der Waals surface area contributed by atoms with Crippen molar-refractivity contribution < 1.29 is 65.9 Å². The first-order valence-corrected chi connectivity index (χ1v) is 38.0. The van der Waals surface area contributed by atoms with Crippen LogP contribution in [0.4, 0.5) is 57.1 Å². The van der Waals surface area contributed by atoms with Crippen molar-refractivity contribution in [2.75, 3.05) is 0 Å². The number of hydrogen-bond acceptors (Lipinski definition) is 2. The molecule has 70 heavy (non-hydrogen) atoms. The molecule has 0 amide bonds. The first kappa shape index (κ1) is 63.8. The van der Waals surface area contributed by atoms with E-state index in [4.69, 9.17) is 8.85 Å². The summed E-state index contributed by atoms with van der Waals surface area (Å²) in [6.45, 7) is 23.9. The molecule has 0 aliphatic carbocycles. The van der Waals surface area contributed by atoms with Crippen molar-refractivity contribution in [2.45, 2.75) is 194 Å². The molecule has 0 aliphatic rings. The Labute approximate surface area is 414 Å². The molecule has 0 unspecified atom stereocenters. The minimum absolute atomic E-state index is 0.291. The average Bonchev–Trinajstić information content (AvgIpc) is 3.21. The maximum atomic E-state index is 15.7. The number of hydrogen-bond donors (Lipinski definition) is 0. The van der Waals surface area contributed by atoms with Crippen molar-refractivity contribution in [3.8, 4) is 0 Å². The van der Waals surface area contributed by atoms with Crippen LogP contribution in [0.1, 0.15) is 109 Å². The van der Waals surface area contributed by atoms with Crippen molar-refractivity contribution in [3.63, 3.8) is 0 Å². The van der Waals surface area contributed by atoms with E-state index in [1.807, 2.05) is 80.6 Å². The van der Waals surface area contributed by atoms with Gasteiger partial charge in [-0.15, -0.1) is 0 Å². The molecule has 0 aliphatic heterocycles. The molecule has 2 rings (SSSR count). The molecule has 0 saturated heterocycles. The summed E-state index contributed by atoms with van der Waals surface area (Å²) in [7, 11) is -7.45. The van der Waals surface area contributed by atoms with Crippen LogP contribution in [-0.2, 0) is 8.85 Å². The normalized spacial score (nSPS) is 16.8. The van der Waals surface area contributed by atoms with E-state index in [-0.39, 0.29) is 0 Å². The van der Waals surface area contributed by atoms with Gasteiger partial charge in [0.1, 0.15) is 0 Å². The summed E-state index contributed by atoms with van der Waals surface area (Å²) in [5, 5.41) is 1.35. The predicted molar refractivity (Wildman–Crippen MR) is 266 cm³/mol. The van der Waals surface area contributed by atoms with E-state index in [1.165, 1.54) is 5.57 Å². The van der Waals surface area contributed by atoms with E-state index in [1.54, 1.807) is 47.6 Å². The second-order valence-corrected chi connectivity index (χ2v) is 45.3. The molecule has 0 saturated carbocycles. The third-order valence-corrected chi connectivity index (χ3v) is 27.8. The van der Waals surface area contributed by atoms with E-state index >= 15 is 17.6 Å². The molecule has 3 atom stereocenters. The molecule has 0 N–H and O–H groups in total. The molecule has 0 bridgehead atoms. The monoisotopic (exact) mass is 1150 g/mol. The van der Waals surface area contributed by atoms with Crippen molar-refractivity contribution >= 4 is 45.4 Å². The smallest absolute Gasteiger partial charge is 0.0623 e. The Bertz CT molecular complexity index is 2070. The molecule has 2 aromatic rings. The minimum Gasteiger partial charge on any atom is -0.0623 e. The van der Waals surface area contributed by atoms with Gasteiger partial charge in [0, 0.05) is 6.42 Å². The molecule has 0 aromatic heterocycles. The van der Waals surface area contributed by atoms with Crippen molar-refractivity contribution in [1.82, 2.24) is 0 Å². The van der Waals surface area contributed by atoms with Crippen molar-refractivity contribution in [3.05, 3.63) is 105 Å². The van der Waals surface area contributed by atoms with Gasteiger partial charge in [0.25, 0.3) is 0 Å². The fraction of sp³-hybridized carbons (Fsp3) is 0.615. The minimum atomic E-state index is -7.97. The van der Waals surface area contributed by atoms with Crippen molar-refractivity contribution in [2.24, 2.45) is 5.92 Å². The van der Waals surface area contributed by atoms with Gasteiger partial charge in [-0.2, -0.15) is 57.1 Å². The van der Waals surface area contributed by atoms with Gasteiger partial charge in [-0.3, -0.25) is 0 Å². The zero-order chi connectivity index (χ0) is 54.5. The molecular weight excluding hydrogens is 1080 g/mol. The summed E-state index contributed by atoms with van der Waals surface area (Å²) in [5.74, 6) is -37.9. The van der Waals surface area contributed by atoms with Crippen LogP contribution in [0.2, 0.25) is 37.0 Å². The van der Waals surface area contributed by atoms with Gasteiger partial charge >= 0.3 is 199 Å². The number of rotatable bonds is 24. The standard InChI is InChI=1S/C49H66F13O2Si2.3CH3.Sn/c1-15-37(10)42(64-65(33(4)5,34(6)7)29-28-44(50,51)45(52,53)46(54,55)47(56,57)48(58,59)49(60,61)62)38(11)41(27-26-35(8)31-36(9)30-32(2)3)63-66(43(12,13)14,39-22-18-16-19-23-39)40-24-20-17-21-25-40;;;;/h2,15-26,31,33-34,38,41-42H,27-30H2,1,3-14H3;3*1H3;/b32-2?,35-26+,36-31+,37-15+;;;;/t38-,41-,42-;;;;/m0..../s1. The van der Waals surface area contributed by atoms with Gasteiger partial charge in [-0.05, 0) is 31.0 Å². The van der Waals surface area contributed by atoms with Gasteiger partial charge in [-0.25, -0.2) is 0 Å². The van der Waals surface area contributed by atoms with E-state index in [0.717, 1.165) is 27.9 Å². The first-order chi connectivity index (χ1) is 31.5. The number of alkyl halides is 13. The Hall–Kier alpha value is -2.36. The summed E-state index contributed by atoms with van der Waals surface area (Å²) in [4.78, 5) is 6.98. The second kappa shape index (κ2) is 23.5. The van der Waals surface area contributed by atoms with Gasteiger partial charge in [0.2, 0.25) is 0 Å². The Kier molecular flexibility index (Phi) is 21.4. The van der Waals surface area contributed by atoms with Crippen LogP contribution in [0.15, 0.2) is 105 Å². The van der Waals surface area contributed by atoms with E-state index in [2.05, 4.69) is 59.6 Å². The molecular formula is C52H75F13O2Si2Sn. The number of allylic oxidation sites excluding steroid dienone is 5. The van der Waals surface area contributed by atoms with E-state index in [0.29, 0.717) is 12.0 Å². The van der Waals surface area contributed by atoms with Crippen LogP contribution in [0.25, 0.3) is 0 Å². The maximum absolute atomic E-state index is 15.7. The summed E-state index contributed by atoms with van der Waals surface area (Å²) < 4.78 is 203. The first-order valence-electron chi connectivity index (χ1n) is 23.6. The van der Waals surface area contributed by atoms with Crippen molar-refractivity contribution in [1.29, 1.82) is 0 Å². The molecule has 0 heterocycles. The summed E-state index contributed by atoms with van der Waals surface area (Å²) in [6.07, 6.45) is -4.60. The van der Waals surface area contributed by atoms with Gasteiger partial charge in [0.15, 0.2) is 8.32 Å². The van der Waals surface area contributed by atoms with Crippen LogP contribution < -0.4 is 10.4 Å².